The first-order valence-electron chi connectivity index (χ1n) is 10.5. The Morgan fingerprint density at radius 3 is 2.31 bits per heavy atom. The van der Waals surface area contributed by atoms with Crippen LogP contribution >= 0.6 is 0 Å². The molecule has 0 aliphatic heterocycles. The monoisotopic (exact) mass is 394 g/mol. The second kappa shape index (κ2) is 10.8. The van der Waals surface area contributed by atoms with Crippen LogP contribution in [0, 0.1) is 20.8 Å². The lowest BCUT2D eigenvalue weighted by molar-refractivity contribution is -0.140. The van der Waals surface area contributed by atoms with E-state index in [2.05, 4.69) is 23.5 Å². The van der Waals surface area contributed by atoms with E-state index in [1.54, 1.807) is 4.90 Å². The maximum absolute atomic E-state index is 13.4. The Hall–Kier alpha value is -2.62. The van der Waals surface area contributed by atoms with Crippen molar-refractivity contribution in [1.29, 1.82) is 0 Å². The first kappa shape index (κ1) is 22.7. The zero-order valence-corrected chi connectivity index (χ0v) is 18.4. The molecule has 1 atom stereocenters. The highest BCUT2D eigenvalue weighted by Crippen LogP contribution is 2.19. The van der Waals surface area contributed by atoms with E-state index in [-0.39, 0.29) is 11.8 Å². The van der Waals surface area contributed by atoms with Gasteiger partial charge in [-0.3, -0.25) is 9.59 Å². The van der Waals surface area contributed by atoms with E-state index in [4.69, 9.17) is 0 Å². The number of nitrogens with zero attached hydrogens (tertiary/aromatic N) is 1. The Bertz CT molecular complexity index is 844. The third-order valence-corrected chi connectivity index (χ3v) is 5.38. The summed E-state index contributed by atoms with van der Waals surface area (Å²) in [6.45, 7) is 11.2. The second-order valence-electron chi connectivity index (χ2n) is 7.77. The topological polar surface area (TPSA) is 49.4 Å². The highest BCUT2D eigenvalue weighted by molar-refractivity contribution is 5.88. The van der Waals surface area contributed by atoms with Crippen LogP contribution in [0.25, 0.3) is 0 Å². The van der Waals surface area contributed by atoms with E-state index in [0.717, 1.165) is 34.2 Å². The summed E-state index contributed by atoms with van der Waals surface area (Å²) in [5.41, 5.74) is 5.46. The van der Waals surface area contributed by atoms with Crippen LogP contribution in [0.1, 0.15) is 54.5 Å². The quantitative estimate of drug-likeness (QED) is 0.681. The van der Waals surface area contributed by atoms with Gasteiger partial charge in [0.05, 0.1) is 6.42 Å². The molecule has 2 amide bonds. The minimum Gasteiger partial charge on any atom is -0.354 e. The maximum Gasteiger partial charge on any atom is 0.242 e. The lowest BCUT2D eigenvalue weighted by Crippen LogP contribution is -2.49. The Balaban J connectivity index is 2.33. The molecule has 0 aromatic heterocycles. The van der Waals surface area contributed by atoms with Gasteiger partial charge in [0.1, 0.15) is 6.04 Å². The van der Waals surface area contributed by atoms with E-state index in [1.807, 2.05) is 58.9 Å². The Morgan fingerprint density at radius 2 is 1.66 bits per heavy atom. The number of amides is 2. The molecule has 0 bridgehead atoms. The molecule has 1 N–H and O–H groups in total. The summed E-state index contributed by atoms with van der Waals surface area (Å²) in [7, 11) is 0. The van der Waals surface area contributed by atoms with Crippen LogP contribution in [-0.4, -0.2) is 29.3 Å². The summed E-state index contributed by atoms with van der Waals surface area (Å²) in [4.78, 5) is 28.0. The van der Waals surface area contributed by atoms with E-state index in [1.165, 1.54) is 0 Å². The molecule has 0 unspecified atom stereocenters. The van der Waals surface area contributed by atoms with Gasteiger partial charge in [-0.05, 0) is 55.9 Å². The molecule has 0 fully saturated rings. The van der Waals surface area contributed by atoms with Crippen molar-refractivity contribution < 1.29 is 9.59 Å². The van der Waals surface area contributed by atoms with Crippen molar-refractivity contribution in [3.05, 3.63) is 70.3 Å². The summed E-state index contributed by atoms with van der Waals surface area (Å²) < 4.78 is 0. The Morgan fingerprint density at radius 1 is 0.966 bits per heavy atom. The summed E-state index contributed by atoms with van der Waals surface area (Å²) in [5.74, 6) is -0.0855. The predicted octanol–water partition coefficient (Wildman–Crippen LogP) is 4.49. The molecule has 0 saturated heterocycles. The second-order valence-corrected chi connectivity index (χ2v) is 7.77. The zero-order valence-electron chi connectivity index (χ0n) is 18.4. The van der Waals surface area contributed by atoms with Crippen molar-refractivity contribution in [2.24, 2.45) is 0 Å². The van der Waals surface area contributed by atoms with E-state index in [9.17, 15) is 9.59 Å². The van der Waals surface area contributed by atoms with Crippen LogP contribution in [0.5, 0.6) is 0 Å². The molecule has 4 heteroatoms. The van der Waals surface area contributed by atoms with Gasteiger partial charge in [0, 0.05) is 13.1 Å². The van der Waals surface area contributed by atoms with Crippen LogP contribution < -0.4 is 5.32 Å². The number of hydrogen-bond acceptors (Lipinski definition) is 2. The van der Waals surface area contributed by atoms with E-state index < -0.39 is 6.04 Å². The third kappa shape index (κ3) is 6.18. The van der Waals surface area contributed by atoms with Crippen molar-refractivity contribution in [2.75, 3.05) is 6.54 Å². The average molecular weight is 395 g/mol. The highest BCUT2D eigenvalue weighted by atomic mass is 16.2. The molecule has 2 aromatic rings. The molecule has 0 aliphatic rings. The molecule has 0 heterocycles. The van der Waals surface area contributed by atoms with Crippen LogP contribution in [0.4, 0.5) is 0 Å². The molecular weight excluding hydrogens is 360 g/mol. The van der Waals surface area contributed by atoms with Gasteiger partial charge in [-0.2, -0.15) is 0 Å². The molecule has 0 saturated carbocycles. The maximum atomic E-state index is 13.4. The lowest BCUT2D eigenvalue weighted by Gasteiger charge is -2.31. The largest absolute Gasteiger partial charge is 0.354 e. The standard InChI is InChI=1S/C25H34N2O2/c1-6-14-26-25(29)23(7-2)27(17-21-11-9-8-10-19(21)4)24(28)16-22-15-18(3)12-13-20(22)5/h8-13,15,23H,6-7,14,16-17H2,1-5H3,(H,26,29)/t23-/m1/s1. The molecule has 0 radical (unpaired) electrons. The molecular formula is C25H34N2O2. The van der Waals surface area contributed by atoms with Gasteiger partial charge < -0.3 is 10.2 Å². The fourth-order valence-corrected chi connectivity index (χ4v) is 3.51. The van der Waals surface area contributed by atoms with Gasteiger partial charge in [0.2, 0.25) is 11.8 Å². The number of benzene rings is 2. The fourth-order valence-electron chi connectivity index (χ4n) is 3.51. The normalized spacial score (nSPS) is 11.8. The summed E-state index contributed by atoms with van der Waals surface area (Å²) in [5, 5.41) is 2.97. The average Bonchev–Trinajstić information content (AvgIpc) is 2.70. The molecule has 156 valence electrons. The minimum absolute atomic E-state index is 0.0135. The van der Waals surface area contributed by atoms with E-state index >= 15 is 0 Å². The smallest absolute Gasteiger partial charge is 0.242 e. The third-order valence-electron chi connectivity index (χ3n) is 5.38. The van der Waals surface area contributed by atoms with Crippen molar-refractivity contribution >= 4 is 11.8 Å². The van der Waals surface area contributed by atoms with Crippen LogP contribution in [0.2, 0.25) is 0 Å². The summed E-state index contributed by atoms with van der Waals surface area (Å²) >= 11 is 0. The fraction of sp³-hybridized carbons (Fsp3) is 0.440. The molecule has 0 spiro atoms. The first-order valence-corrected chi connectivity index (χ1v) is 10.5. The number of rotatable bonds is 9. The number of carbonyl (C=O) groups excluding carboxylic acids is 2. The van der Waals surface area contributed by atoms with Crippen molar-refractivity contribution in [3.8, 4) is 0 Å². The first-order chi connectivity index (χ1) is 13.9. The van der Waals surface area contributed by atoms with E-state index in [0.29, 0.717) is 25.9 Å². The Labute approximate surface area is 175 Å². The van der Waals surface area contributed by atoms with Gasteiger partial charge >= 0.3 is 0 Å². The number of hydrogen-bond donors (Lipinski definition) is 1. The Kier molecular flexibility index (Phi) is 8.44. The molecule has 2 aromatic carbocycles. The van der Waals surface area contributed by atoms with Gasteiger partial charge in [0.25, 0.3) is 0 Å². The summed E-state index contributed by atoms with van der Waals surface area (Å²) in [6.07, 6.45) is 1.76. The SMILES string of the molecule is CCCNC(=O)[C@@H](CC)N(Cc1ccccc1C)C(=O)Cc1cc(C)ccc1C. The van der Waals surface area contributed by atoms with Gasteiger partial charge in [-0.15, -0.1) is 0 Å². The number of nitrogens with one attached hydrogen (secondary N) is 1. The number of carbonyl (C=O) groups is 2. The predicted molar refractivity (Wildman–Crippen MR) is 119 cm³/mol. The van der Waals surface area contributed by atoms with Crippen molar-refractivity contribution in [2.45, 2.75) is 66.5 Å². The van der Waals surface area contributed by atoms with Gasteiger partial charge in [-0.1, -0.05) is 61.9 Å². The molecule has 4 nitrogen and oxygen atoms in total. The van der Waals surface area contributed by atoms with Crippen LogP contribution in [0.3, 0.4) is 0 Å². The molecule has 0 aliphatic carbocycles. The van der Waals surface area contributed by atoms with Crippen LogP contribution in [0.15, 0.2) is 42.5 Å². The lowest BCUT2D eigenvalue weighted by atomic mass is 10.0. The van der Waals surface area contributed by atoms with Gasteiger partial charge in [-0.25, -0.2) is 0 Å². The van der Waals surface area contributed by atoms with Crippen molar-refractivity contribution in [1.82, 2.24) is 10.2 Å². The summed E-state index contributed by atoms with van der Waals surface area (Å²) in [6, 6.07) is 13.7. The minimum atomic E-state index is -0.473. The van der Waals surface area contributed by atoms with Gasteiger partial charge in [0.15, 0.2) is 0 Å². The molecule has 29 heavy (non-hydrogen) atoms. The molecule has 2 rings (SSSR count). The van der Waals surface area contributed by atoms with Crippen LogP contribution in [-0.2, 0) is 22.6 Å². The zero-order chi connectivity index (χ0) is 21.4. The van der Waals surface area contributed by atoms with Crippen molar-refractivity contribution in [3.63, 3.8) is 0 Å². The highest BCUT2D eigenvalue weighted by Gasteiger charge is 2.29. The number of aryl methyl sites for hydroxylation is 3.